The van der Waals surface area contributed by atoms with Crippen LogP contribution in [0.2, 0.25) is 0 Å². The molecule has 0 radical (unpaired) electrons. The van der Waals surface area contributed by atoms with Crippen molar-refractivity contribution in [2.24, 2.45) is 0 Å². The summed E-state index contributed by atoms with van der Waals surface area (Å²) >= 11 is 0. The van der Waals surface area contributed by atoms with Crippen LogP contribution in [0.15, 0.2) is 60.7 Å². The van der Waals surface area contributed by atoms with Gasteiger partial charge in [0.1, 0.15) is 0 Å². The van der Waals surface area contributed by atoms with Gasteiger partial charge in [0.2, 0.25) is 0 Å². The molecular formula is C15H17NO2. The molecular weight excluding hydrogens is 226 g/mol. The highest BCUT2D eigenvalue weighted by atomic mass is 16.5. The van der Waals surface area contributed by atoms with Crippen LogP contribution in [-0.2, 0) is 4.74 Å². The van der Waals surface area contributed by atoms with Crippen LogP contribution < -0.4 is 5.73 Å². The summed E-state index contributed by atoms with van der Waals surface area (Å²) in [6.07, 6.45) is 0. The van der Waals surface area contributed by atoms with E-state index in [4.69, 9.17) is 10.5 Å². The molecule has 2 aromatic rings. The zero-order chi connectivity index (χ0) is 13.2. The monoisotopic (exact) mass is 243 g/mol. The maximum Gasteiger partial charge on any atom is 0.340 e. The van der Waals surface area contributed by atoms with Gasteiger partial charge in [-0.05, 0) is 19.1 Å². The first-order chi connectivity index (χ1) is 8.75. The average molecular weight is 243 g/mol. The van der Waals surface area contributed by atoms with Crippen LogP contribution >= 0.6 is 0 Å². The number of hydrogen-bond donors (Lipinski definition) is 1. The molecule has 0 saturated carbocycles. The number of esters is 1. The molecule has 3 heteroatoms. The van der Waals surface area contributed by atoms with Gasteiger partial charge in [0.15, 0.2) is 0 Å². The van der Waals surface area contributed by atoms with Crippen molar-refractivity contribution >= 4 is 11.7 Å². The lowest BCUT2D eigenvalue weighted by atomic mass is 10.2. The Balaban J connectivity index is 0.000000225. The molecule has 2 N–H and O–H groups in total. The van der Waals surface area contributed by atoms with Gasteiger partial charge in [0.25, 0.3) is 0 Å². The number of carbonyl (C=O) groups excluding carboxylic acids is 1. The number of para-hydroxylation sites is 1. The molecule has 0 amide bonds. The lowest BCUT2D eigenvalue weighted by Gasteiger charge is -2.03. The first kappa shape index (κ1) is 13.8. The first-order valence-electron chi connectivity index (χ1n) is 5.77. The number of carbonyl (C=O) groups is 1. The third-order valence-electron chi connectivity index (χ3n) is 2.12. The standard InChI is InChI=1S/C9H11NO2.C6H6/c1-2-12-9(11)7-5-3-4-6-8(7)10;1-2-4-6-5-3-1/h3-6H,2,10H2,1H3;1-6H. The van der Waals surface area contributed by atoms with Crippen molar-refractivity contribution in [1.29, 1.82) is 0 Å². The van der Waals surface area contributed by atoms with Gasteiger partial charge in [-0.25, -0.2) is 4.79 Å². The van der Waals surface area contributed by atoms with E-state index in [0.29, 0.717) is 17.9 Å². The third-order valence-corrected chi connectivity index (χ3v) is 2.12. The minimum absolute atomic E-state index is 0.365. The summed E-state index contributed by atoms with van der Waals surface area (Å²) in [5.41, 5.74) is 6.44. The quantitative estimate of drug-likeness (QED) is 0.651. The summed E-state index contributed by atoms with van der Waals surface area (Å²) in [7, 11) is 0. The summed E-state index contributed by atoms with van der Waals surface area (Å²) in [5.74, 6) is -0.365. The summed E-state index contributed by atoms with van der Waals surface area (Å²) < 4.78 is 4.79. The van der Waals surface area contributed by atoms with E-state index in [-0.39, 0.29) is 5.97 Å². The Morgan fingerprint density at radius 3 is 1.94 bits per heavy atom. The maximum atomic E-state index is 11.2. The highest BCUT2D eigenvalue weighted by molar-refractivity contribution is 5.94. The fourth-order valence-corrected chi connectivity index (χ4v) is 1.28. The molecule has 2 rings (SSSR count). The van der Waals surface area contributed by atoms with E-state index in [1.807, 2.05) is 36.4 Å². The van der Waals surface area contributed by atoms with Gasteiger partial charge in [0.05, 0.1) is 12.2 Å². The Hall–Kier alpha value is -2.29. The molecule has 0 saturated heterocycles. The van der Waals surface area contributed by atoms with Gasteiger partial charge in [-0.3, -0.25) is 0 Å². The van der Waals surface area contributed by atoms with E-state index in [1.54, 1.807) is 31.2 Å². The number of rotatable bonds is 2. The van der Waals surface area contributed by atoms with Gasteiger partial charge < -0.3 is 10.5 Å². The fraction of sp³-hybridized carbons (Fsp3) is 0.133. The van der Waals surface area contributed by atoms with Crippen LogP contribution in [0.25, 0.3) is 0 Å². The van der Waals surface area contributed by atoms with Crippen molar-refractivity contribution in [1.82, 2.24) is 0 Å². The van der Waals surface area contributed by atoms with Gasteiger partial charge in [-0.1, -0.05) is 48.5 Å². The van der Waals surface area contributed by atoms with Crippen LogP contribution in [0.3, 0.4) is 0 Å². The van der Waals surface area contributed by atoms with Gasteiger partial charge >= 0.3 is 5.97 Å². The normalized spacial score (nSPS) is 8.94. The second kappa shape index (κ2) is 7.90. The molecule has 0 unspecified atom stereocenters. The molecule has 0 aliphatic rings. The topological polar surface area (TPSA) is 52.3 Å². The highest BCUT2D eigenvalue weighted by Gasteiger charge is 2.08. The number of nitrogens with two attached hydrogens (primary N) is 1. The molecule has 0 aromatic heterocycles. The Labute approximate surface area is 107 Å². The van der Waals surface area contributed by atoms with Crippen molar-refractivity contribution in [3.05, 3.63) is 66.2 Å². The van der Waals surface area contributed by atoms with E-state index < -0.39 is 0 Å². The number of nitrogen functional groups attached to an aromatic ring is 1. The molecule has 0 spiro atoms. The number of benzene rings is 2. The minimum atomic E-state index is -0.365. The van der Waals surface area contributed by atoms with E-state index in [2.05, 4.69) is 0 Å². The van der Waals surface area contributed by atoms with Crippen molar-refractivity contribution in [3.8, 4) is 0 Å². The van der Waals surface area contributed by atoms with Gasteiger partial charge in [0, 0.05) is 5.69 Å². The lowest BCUT2D eigenvalue weighted by molar-refractivity contribution is 0.0527. The molecule has 18 heavy (non-hydrogen) atoms. The second-order valence-electron chi connectivity index (χ2n) is 3.46. The molecule has 0 aliphatic carbocycles. The van der Waals surface area contributed by atoms with Gasteiger partial charge in [-0.2, -0.15) is 0 Å². The summed E-state index contributed by atoms with van der Waals surface area (Å²) in [6.45, 7) is 2.13. The summed E-state index contributed by atoms with van der Waals surface area (Å²) in [6, 6.07) is 18.8. The molecule has 2 aromatic carbocycles. The predicted octanol–water partition coefficient (Wildman–Crippen LogP) is 3.13. The predicted molar refractivity (Wildman–Crippen MR) is 73.3 cm³/mol. The minimum Gasteiger partial charge on any atom is -0.462 e. The van der Waals surface area contributed by atoms with Gasteiger partial charge in [-0.15, -0.1) is 0 Å². The van der Waals surface area contributed by atoms with Crippen LogP contribution in [0, 0.1) is 0 Å². The van der Waals surface area contributed by atoms with E-state index in [0.717, 1.165) is 0 Å². The SMILES string of the molecule is CCOC(=O)c1ccccc1N.c1ccccc1. The number of anilines is 1. The highest BCUT2D eigenvalue weighted by Crippen LogP contribution is 2.11. The largest absolute Gasteiger partial charge is 0.462 e. The van der Waals surface area contributed by atoms with Crippen LogP contribution in [-0.4, -0.2) is 12.6 Å². The van der Waals surface area contributed by atoms with Crippen LogP contribution in [0.1, 0.15) is 17.3 Å². The first-order valence-corrected chi connectivity index (χ1v) is 5.77. The Bertz CT molecular complexity index is 442. The third kappa shape index (κ3) is 4.70. The molecule has 0 atom stereocenters. The molecule has 0 aliphatic heterocycles. The Morgan fingerprint density at radius 1 is 1.00 bits per heavy atom. The smallest absolute Gasteiger partial charge is 0.340 e. The molecule has 0 heterocycles. The number of hydrogen-bond acceptors (Lipinski definition) is 3. The zero-order valence-corrected chi connectivity index (χ0v) is 10.4. The van der Waals surface area contributed by atoms with E-state index in [1.165, 1.54) is 0 Å². The Morgan fingerprint density at radius 2 is 1.50 bits per heavy atom. The average Bonchev–Trinajstić information content (AvgIpc) is 2.42. The molecule has 0 fully saturated rings. The molecule has 94 valence electrons. The van der Waals surface area contributed by atoms with E-state index >= 15 is 0 Å². The maximum absolute atomic E-state index is 11.2. The zero-order valence-electron chi connectivity index (χ0n) is 10.4. The van der Waals surface area contributed by atoms with Crippen molar-refractivity contribution in [2.75, 3.05) is 12.3 Å². The Kier molecular flexibility index (Phi) is 6.04. The van der Waals surface area contributed by atoms with Crippen LogP contribution in [0.4, 0.5) is 5.69 Å². The molecule has 0 bridgehead atoms. The lowest BCUT2D eigenvalue weighted by Crippen LogP contribution is -2.07. The summed E-state index contributed by atoms with van der Waals surface area (Å²) in [4.78, 5) is 11.2. The van der Waals surface area contributed by atoms with Crippen molar-refractivity contribution in [2.45, 2.75) is 6.92 Å². The van der Waals surface area contributed by atoms with E-state index in [9.17, 15) is 4.79 Å². The second-order valence-corrected chi connectivity index (χ2v) is 3.46. The number of ether oxygens (including phenoxy) is 1. The fourth-order valence-electron chi connectivity index (χ4n) is 1.28. The molecule has 3 nitrogen and oxygen atoms in total. The van der Waals surface area contributed by atoms with Crippen LogP contribution in [0.5, 0.6) is 0 Å². The van der Waals surface area contributed by atoms with Crippen molar-refractivity contribution in [3.63, 3.8) is 0 Å². The van der Waals surface area contributed by atoms with Crippen molar-refractivity contribution < 1.29 is 9.53 Å². The summed E-state index contributed by atoms with van der Waals surface area (Å²) in [5, 5.41) is 0.